The number of hydrogen-bond donors (Lipinski definition) is 0. The van der Waals surface area contributed by atoms with Gasteiger partial charge in [0.1, 0.15) is 5.75 Å². The van der Waals surface area contributed by atoms with Crippen molar-refractivity contribution < 1.29 is 4.74 Å². The number of benzene rings is 1. The molecule has 3 aromatic heterocycles. The predicted molar refractivity (Wildman–Crippen MR) is 108 cm³/mol. The number of ether oxygens (including phenoxy) is 1. The number of methoxy groups -OCH3 is 1. The van der Waals surface area contributed by atoms with Gasteiger partial charge in [-0.15, -0.1) is 0 Å². The minimum atomic E-state index is 0.660. The first kappa shape index (κ1) is 18.0. The molecule has 1 aromatic carbocycles. The van der Waals surface area contributed by atoms with Gasteiger partial charge in [-0.3, -0.25) is 14.0 Å². The molecule has 0 radical (unpaired) electrons. The van der Waals surface area contributed by atoms with E-state index in [4.69, 9.17) is 9.84 Å². The first-order chi connectivity index (χ1) is 13.4. The summed E-state index contributed by atoms with van der Waals surface area (Å²) < 4.78 is 11.0. The van der Waals surface area contributed by atoms with E-state index in [0.29, 0.717) is 6.54 Å². The molecule has 4 aromatic rings. The molecule has 28 heavy (non-hydrogen) atoms. The third-order valence-corrected chi connectivity index (χ3v) is 4.85. The molecule has 3 heterocycles. The first-order valence-electron chi connectivity index (χ1n) is 9.16. The van der Waals surface area contributed by atoms with Crippen LogP contribution >= 0.6 is 0 Å². The van der Waals surface area contributed by atoms with Gasteiger partial charge in [0.2, 0.25) is 0 Å². The summed E-state index contributed by atoms with van der Waals surface area (Å²) in [6.07, 6.45) is 4.05. The van der Waals surface area contributed by atoms with Crippen molar-refractivity contribution in [3.05, 3.63) is 59.7 Å². The van der Waals surface area contributed by atoms with E-state index in [2.05, 4.69) is 28.4 Å². The van der Waals surface area contributed by atoms with Crippen molar-refractivity contribution in [2.24, 2.45) is 14.1 Å². The van der Waals surface area contributed by atoms with E-state index in [-0.39, 0.29) is 0 Å². The smallest absolute Gasteiger partial charge is 0.118 e. The van der Waals surface area contributed by atoms with E-state index < -0.39 is 0 Å². The quantitative estimate of drug-likeness (QED) is 0.536. The summed E-state index contributed by atoms with van der Waals surface area (Å²) in [6.45, 7) is 4.69. The van der Waals surface area contributed by atoms with Gasteiger partial charge in [0.25, 0.3) is 0 Å². The Balaban J connectivity index is 1.80. The van der Waals surface area contributed by atoms with Crippen molar-refractivity contribution in [3.63, 3.8) is 0 Å². The van der Waals surface area contributed by atoms with Crippen LogP contribution in [0.1, 0.15) is 17.0 Å². The van der Waals surface area contributed by atoms with Crippen LogP contribution in [0.25, 0.3) is 22.5 Å². The van der Waals surface area contributed by atoms with E-state index >= 15 is 0 Å². The number of rotatable bonds is 5. The molecule has 0 atom stereocenters. The second-order valence-corrected chi connectivity index (χ2v) is 7.02. The highest BCUT2D eigenvalue weighted by Crippen LogP contribution is 2.30. The topological polar surface area (TPSA) is 62.7 Å². The molecule has 0 aliphatic rings. The van der Waals surface area contributed by atoms with Gasteiger partial charge in [-0.25, -0.2) is 0 Å². The molecular weight excluding hydrogens is 352 g/mol. The van der Waals surface area contributed by atoms with E-state index in [0.717, 1.165) is 45.2 Å². The lowest BCUT2D eigenvalue weighted by Crippen LogP contribution is -2.04. The molecule has 0 saturated carbocycles. The molecule has 7 heteroatoms. The molecule has 7 nitrogen and oxygen atoms in total. The van der Waals surface area contributed by atoms with Crippen LogP contribution in [-0.4, -0.2) is 36.5 Å². The molecule has 0 bridgehead atoms. The number of nitrogens with zero attached hydrogens (tertiary/aromatic N) is 6. The molecule has 0 saturated heterocycles. The van der Waals surface area contributed by atoms with Crippen molar-refractivity contribution in [3.8, 4) is 28.3 Å². The monoisotopic (exact) mass is 376 g/mol. The Labute approximate surface area is 164 Å². The molecule has 0 unspecified atom stereocenters. The normalized spacial score (nSPS) is 11.2. The Morgan fingerprint density at radius 3 is 2.00 bits per heavy atom. The van der Waals surface area contributed by atoms with Crippen molar-refractivity contribution in [2.75, 3.05) is 7.11 Å². The van der Waals surface area contributed by atoms with E-state index in [1.54, 1.807) is 7.11 Å². The van der Waals surface area contributed by atoms with Gasteiger partial charge in [0.15, 0.2) is 0 Å². The lowest BCUT2D eigenvalue weighted by molar-refractivity contribution is 0.414. The molecule has 0 amide bonds. The van der Waals surface area contributed by atoms with E-state index in [1.165, 1.54) is 0 Å². The van der Waals surface area contributed by atoms with Crippen molar-refractivity contribution in [1.82, 2.24) is 29.3 Å². The van der Waals surface area contributed by atoms with Crippen LogP contribution < -0.4 is 4.74 Å². The van der Waals surface area contributed by atoms with Crippen LogP contribution in [0.5, 0.6) is 5.75 Å². The number of aryl methyl sites for hydroxylation is 4. The fourth-order valence-electron chi connectivity index (χ4n) is 3.49. The fraction of sp³-hybridized carbons (Fsp3) is 0.286. The standard InChI is InChI=1S/C21H24N6O/c1-14-18(12-25(3)22-14)20-10-21(19-13-26(4)23-15(19)2)27(24-20)11-16-6-8-17(28-5)9-7-16/h6-10,12-13H,11H2,1-5H3. The van der Waals surface area contributed by atoms with Gasteiger partial charge in [-0.05, 0) is 37.6 Å². The summed E-state index contributed by atoms with van der Waals surface area (Å²) >= 11 is 0. The number of hydrogen-bond acceptors (Lipinski definition) is 4. The molecule has 0 fully saturated rings. The van der Waals surface area contributed by atoms with Crippen molar-refractivity contribution >= 4 is 0 Å². The van der Waals surface area contributed by atoms with Crippen LogP contribution in [0.2, 0.25) is 0 Å². The average molecular weight is 376 g/mol. The van der Waals surface area contributed by atoms with Gasteiger partial charge < -0.3 is 4.74 Å². The molecule has 0 aliphatic carbocycles. The van der Waals surface area contributed by atoms with Gasteiger partial charge in [0.05, 0.1) is 36.4 Å². The second-order valence-electron chi connectivity index (χ2n) is 7.02. The van der Waals surface area contributed by atoms with Gasteiger partial charge in [0, 0.05) is 37.6 Å². The summed E-state index contributed by atoms with van der Waals surface area (Å²) in [6, 6.07) is 10.2. The SMILES string of the molecule is COc1ccc(Cn2nc(-c3cn(C)nc3C)cc2-c2cn(C)nc2C)cc1. The highest BCUT2D eigenvalue weighted by molar-refractivity contribution is 5.70. The zero-order valence-electron chi connectivity index (χ0n) is 16.8. The zero-order valence-corrected chi connectivity index (χ0v) is 16.8. The van der Waals surface area contributed by atoms with E-state index in [1.807, 2.05) is 66.5 Å². The maximum atomic E-state index is 5.27. The fourth-order valence-corrected chi connectivity index (χ4v) is 3.49. The predicted octanol–water partition coefficient (Wildman–Crippen LogP) is 3.36. The maximum Gasteiger partial charge on any atom is 0.118 e. The lowest BCUT2D eigenvalue weighted by atomic mass is 10.1. The Bertz CT molecular complexity index is 1120. The third-order valence-electron chi connectivity index (χ3n) is 4.85. The average Bonchev–Trinajstić information content (AvgIpc) is 3.32. The van der Waals surface area contributed by atoms with Gasteiger partial charge in [-0.2, -0.15) is 15.3 Å². The summed E-state index contributed by atoms with van der Waals surface area (Å²) in [5.41, 5.74) is 7.17. The summed E-state index contributed by atoms with van der Waals surface area (Å²) in [5.74, 6) is 0.846. The highest BCUT2D eigenvalue weighted by atomic mass is 16.5. The zero-order chi connectivity index (χ0) is 19.8. The largest absolute Gasteiger partial charge is 0.497 e. The highest BCUT2D eigenvalue weighted by Gasteiger charge is 2.18. The van der Waals surface area contributed by atoms with Crippen LogP contribution in [0.15, 0.2) is 42.7 Å². The third kappa shape index (κ3) is 3.31. The Morgan fingerprint density at radius 1 is 0.857 bits per heavy atom. The number of aromatic nitrogens is 6. The van der Waals surface area contributed by atoms with Crippen LogP contribution in [0, 0.1) is 13.8 Å². The first-order valence-corrected chi connectivity index (χ1v) is 9.16. The minimum Gasteiger partial charge on any atom is -0.497 e. The minimum absolute atomic E-state index is 0.660. The van der Waals surface area contributed by atoms with E-state index in [9.17, 15) is 0 Å². The second kappa shape index (κ2) is 6.99. The van der Waals surface area contributed by atoms with Crippen LogP contribution in [0.4, 0.5) is 0 Å². The van der Waals surface area contributed by atoms with Crippen molar-refractivity contribution in [2.45, 2.75) is 20.4 Å². The summed E-state index contributed by atoms with van der Waals surface area (Å²) in [4.78, 5) is 0. The maximum absolute atomic E-state index is 5.27. The molecule has 0 spiro atoms. The summed E-state index contributed by atoms with van der Waals surface area (Å²) in [5, 5.41) is 13.9. The molecule has 0 aliphatic heterocycles. The van der Waals surface area contributed by atoms with Gasteiger partial charge in [-0.1, -0.05) is 12.1 Å². The van der Waals surface area contributed by atoms with Crippen LogP contribution in [-0.2, 0) is 20.6 Å². The molecule has 4 rings (SSSR count). The Kier molecular flexibility index (Phi) is 4.50. The molecular formula is C21H24N6O. The Hall–Kier alpha value is -3.35. The van der Waals surface area contributed by atoms with Gasteiger partial charge >= 0.3 is 0 Å². The van der Waals surface area contributed by atoms with Crippen molar-refractivity contribution in [1.29, 1.82) is 0 Å². The lowest BCUT2D eigenvalue weighted by Gasteiger charge is -2.08. The molecule has 0 N–H and O–H groups in total. The summed E-state index contributed by atoms with van der Waals surface area (Å²) in [7, 11) is 5.54. The molecule has 144 valence electrons. The Morgan fingerprint density at radius 2 is 1.46 bits per heavy atom. The van der Waals surface area contributed by atoms with Crippen LogP contribution in [0.3, 0.4) is 0 Å².